The molecular weight excluding hydrogens is 200 g/mol. The van der Waals surface area contributed by atoms with Crippen molar-refractivity contribution in [3.63, 3.8) is 0 Å². The summed E-state index contributed by atoms with van der Waals surface area (Å²) in [7, 11) is 5.85. The van der Waals surface area contributed by atoms with Gasteiger partial charge in [-0.1, -0.05) is 12.1 Å². The smallest absolute Gasteiger partial charge is 0.0661 e. The van der Waals surface area contributed by atoms with Crippen LogP contribution in [-0.4, -0.2) is 38.8 Å². The third-order valence-corrected chi connectivity index (χ3v) is 2.18. The number of ether oxygens (including phenoxy) is 1. The molecule has 0 fully saturated rings. The van der Waals surface area contributed by atoms with E-state index in [1.807, 2.05) is 6.07 Å². The molecule has 0 amide bonds. The molecule has 0 aliphatic carbocycles. The highest BCUT2D eigenvalue weighted by Gasteiger charge is 2.02. The van der Waals surface area contributed by atoms with Crippen LogP contribution in [-0.2, 0) is 11.3 Å². The largest absolute Gasteiger partial charge is 0.383 e. The van der Waals surface area contributed by atoms with Gasteiger partial charge in [-0.3, -0.25) is 0 Å². The molecule has 1 radical (unpaired) electrons. The molecule has 0 aromatic heterocycles. The third kappa shape index (κ3) is 4.64. The lowest BCUT2D eigenvalue weighted by Gasteiger charge is -2.15. The average molecular weight is 221 g/mol. The Kier molecular flexibility index (Phi) is 5.29. The van der Waals surface area contributed by atoms with Gasteiger partial charge in [-0.25, -0.2) is 0 Å². The first-order valence-electron chi connectivity index (χ1n) is 5.52. The fourth-order valence-corrected chi connectivity index (χ4v) is 1.62. The normalized spacial score (nSPS) is 12.8. The number of benzene rings is 1. The Morgan fingerprint density at radius 1 is 1.50 bits per heavy atom. The maximum absolute atomic E-state index is 5.09. The van der Waals surface area contributed by atoms with Gasteiger partial charge >= 0.3 is 0 Å². The fraction of sp³-hybridized carbons (Fsp3) is 0.538. The number of hydrogen-bond donors (Lipinski definition) is 1. The van der Waals surface area contributed by atoms with Crippen molar-refractivity contribution in [3.8, 4) is 0 Å². The second-order valence-electron chi connectivity index (χ2n) is 4.35. The Labute approximate surface area is 98.4 Å². The van der Waals surface area contributed by atoms with Crippen molar-refractivity contribution in [2.75, 3.05) is 33.1 Å². The summed E-state index contributed by atoms with van der Waals surface area (Å²) < 4.78 is 5.09. The molecule has 3 nitrogen and oxygen atoms in total. The fourth-order valence-electron chi connectivity index (χ4n) is 1.62. The number of nitrogens with one attached hydrogen (secondary N) is 1. The molecule has 0 bridgehead atoms. The molecule has 1 unspecified atom stereocenters. The number of anilines is 1. The van der Waals surface area contributed by atoms with Gasteiger partial charge in [-0.15, -0.1) is 0 Å². The SMILES string of the molecule is COCC(C)Nc1[c]ccc(CN(C)C)c1. The highest BCUT2D eigenvalue weighted by molar-refractivity contribution is 5.45. The lowest BCUT2D eigenvalue weighted by Crippen LogP contribution is -2.21. The number of rotatable bonds is 6. The highest BCUT2D eigenvalue weighted by atomic mass is 16.5. The molecule has 0 saturated carbocycles. The van der Waals surface area contributed by atoms with E-state index < -0.39 is 0 Å². The maximum atomic E-state index is 5.09. The predicted octanol–water partition coefficient (Wildman–Crippen LogP) is 2.00. The first-order chi connectivity index (χ1) is 7.61. The minimum atomic E-state index is 0.302. The van der Waals surface area contributed by atoms with Crippen LogP contribution >= 0.6 is 0 Å². The van der Waals surface area contributed by atoms with Crippen molar-refractivity contribution < 1.29 is 4.74 Å². The highest BCUT2D eigenvalue weighted by Crippen LogP contribution is 2.12. The molecule has 1 aromatic carbocycles. The summed E-state index contributed by atoms with van der Waals surface area (Å²) in [6.45, 7) is 3.74. The van der Waals surface area contributed by atoms with E-state index in [1.165, 1.54) is 5.56 Å². The van der Waals surface area contributed by atoms with E-state index >= 15 is 0 Å². The molecule has 16 heavy (non-hydrogen) atoms. The topological polar surface area (TPSA) is 24.5 Å². The first-order valence-corrected chi connectivity index (χ1v) is 5.52. The van der Waals surface area contributed by atoms with E-state index in [4.69, 9.17) is 4.74 Å². The minimum absolute atomic E-state index is 0.302. The van der Waals surface area contributed by atoms with Gasteiger partial charge in [0.2, 0.25) is 0 Å². The number of nitrogens with zero attached hydrogens (tertiary/aromatic N) is 1. The molecule has 89 valence electrons. The summed E-state index contributed by atoms with van der Waals surface area (Å²) in [6.07, 6.45) is 0. The van der Waals surface area contributed by atoms with E-state index in [0.717, 1.165) is 12.2 Å². The van der Waals surface area contributed by atoms with Gasteiger partial charge in [0, 0.05) is 31.5 Å². The molecule has 3 heteroatoms. The van der Waals surface area contributed by atoms with E-state index in [-0.39, 0.29) is 0 Å². The van der Waals surface area contributed by atoms with Gasteiger partial charge in [0.15, 0.2) is 0 Å². The van der Waals surface area contributed by atoms with Crippen LogP contribution in [0.5, 0.6) is 0 Å². The maximum Gasteiger partial charge on any atom is 0.0661 e. The van der Waals surface area contributed by atoms with Gasteiger partial charge in [0.1, 0.15) is 0 Å². The molecular formula is C13H21N2O. The van der Waals surface area contributed by atoms with Crippen LogP contribution in [0.4, 0.5) is 5.69 Å². The number of hydrogen-bond acceptors (Lipinski definition) is 3. The van der Waals surface area contributed by atoms with Gasteiger partial charge < -0.3 is 15.0 Å². The standard InChI is InChI=1S/C13H21N2O/c1-11(10-16-4)14-13-7-5-6-12(8-13)9-15(2)3/h5-6,8,11,14H,9-10H2,1-4H3. The molecule has 0 spiro atoms. The van der Waals surface area contributed by atoms with Gasteiger partial charge in [-0.2, -0.15) is 0 Å². The van der Waals surface area contributed by atoms with Gasteiger partial charge in [-0.05, 0) is 32.6 Å². The summed E-state index contributed by atoms with van der Waals surface area (Å²) in [5.41, 5.74) is 2.32. The van der Waals surface area contributed by atoms with Crippen molar-refractivity contribution in [1.29, 1.82) is 0 Å². The first kappa shape index (κ1) is 13.0. The zero-order valence-electron chi connectivity index (χ0n) is 10.6. The van der Waals surface area contributed by atoms with Crippen LogP contribution in [0.1, 0.15) is 12.5 Å². The van der Waals surface area contributed by atoms with Crippen LogP contribution in [0, 0.1) is 6.07 Å². The third-order valence-electron chi connectivity index (χ3n) is 2.18. The quantitative estimate of drug-likeness (QED) is 0.795. The molecule has 1 atom stereocenters. The van der Waals surface area contributed by atoms with Crippen LogP contribution in [0.3, 0.4) is 0 Å². The summed E-state index contributed by atoms with van der Waals surface area (Å²) in [5.74, 6) is 0. The lowest BCUT2D eigenvalue weighted by molar-refractivity contribution is 0.190. The van der Waals surface area contributed by atoms with Crippen LogP contribution in [0.25, 0.3) is 0 Å². The summed E-state index contributed by atoms with van der Waals surface area (Å²) in [4.78, 5) is 2.15. The average Bonchev–Trinajstić information content (AvgIpc) is 2.17. The lowest BCUT2D eigenvalue weighted by atomic mass is 10.2. The van der Waals surface area contributed by atoms with E-state index in [1.54, 1.807) is 7.11 Å². The summed E-state index contributed by atoms with van der Waals surface area (Å²) in [5, 5.41) is 3.36. The second-order valence-corrected chi connectivity index (χ2v) is 4.35. The minimum Gasteiger partial charge on any atom is -0.383 e. The van der Waals surface area contributed by atoms with Crippen molar-refractivity contribution in [3.05, 3.63) is 29.8 Å². The molecule has 0 saturated heterocycles. The Balaban J connectivity index is 2.59. The monoisotopic (exact) mass is 221 g/mol. The predicted molar refractivity (Wildman–Crippen MR) is 67.6 cm³/mol. The van der Waals surface area contributed by atoms with E-state index in [9.17, 15) is 0 Å². The Morgan fingerprint density at radius 2 is 2.25 bits per heavy atom. The van der Waals surface area contributed by atoms with Crippen molar-refractivity contribution in [2.45, 2.75) is 19.5 Å². The Hall–Kier alpha value is -1.06. The molecule has 0 aliphatic rings. The second kappa shape index (κ2) is 6.51. The molecule has 0 heterocycles. The van der Waals surface area contributed by atoms with Gasteiger partial charge in [0.25, 0.3) is 0 Å². The van der Waals surface area contributed by atoms with Crippen LogP contribution in [0.2, 0.25) is 0 Å². The van der Waals surface area contributed by atoms with Crippen molar-refractivity contribution >= 4 is 5.69 Å². The summed E-state index contributed by atoms with van der Waals surface area (Å²) in [6, 6.07) is 9.67. The van der Waals surface area contributed by atoms with Crippen molar-refractivity contribution in [2.24, 2.45) is 0 Å². The Morgan fingerprint density at radius 3 is 2.88 bits per heavy atom. The van der Waals surface area contributed by atoms with E-state index in [0.29, 0.717) is 12.6 Å². The van der Waals surface area contributed by atoms with Crippen LogP contribution in [0.15, 0.2) is 18.2 Å². The molecule has 1 aromatic rings. The molecule has 0 aliphatic heterocycles. The zero-order valence-corrected chi connectivity index (χ0v) is 10.6. The van der Waals surface area contributed by atoms with E-state index in [2.05, 4.69) is 49.4 Å². The van der Waals surface area contributed by atoms with Gasteiger partial charge in [0.05, 0.1) is 6.61 Å². The zero-order chi connectivity index (χ0) is 12.0. The molecule has 1 rings (SSSR count). The molecule has 1 N–H and O–H groups in total. The number of methoxy groups -OCH3 is 1. The van der Waals surface area contributed by atoms with Crippen LogP contribution < -0.4 is 5.32 Å². The van der Waals surface area contributed by atoms with Crippen molar-refractivity contribution in [1.82, 2.24) is 4.90 Å². The summed E-state index contributed by atoms with van der Waals surface area (Å²) >= 11 is 0. The Bertz CT molecular complexity index is 313.